The first-order valence-electron chi connectivity index (χ1n) is 20.6. The Hall–Kier alpha value is -6.15. The summed E-state index contributed by atoms with van der Waals surface area (Å²) >= 11 is 3.27. The predicted molar refractivity (Wildman–Crippen MR) is 261 cm³/mol. The monoisotopic (exact) mass is 931 g/mol. The van der Waals surface area contributed by atoms with Gasteiger partial charge in [-0.3, -0.25) is 0 Å². The van der Waals surface area contributed by atoms with Crippen LogP contribution in [-0.4, -0.2) is 75.9 Å². The molecule has 1 saturated heterocycles. The van der Waals surface area contributed by atoms with Crippen LogP contribution in [0.3, 0.4) is 0 Å². The zero-order valence-corrected chi connectivity index (χ0v) is 40.0. The minimum absolute atomic E-state index is 0.264. The Balaban J connectivity index is 0.000000190. The van der Waals surface area contributed by atoms with Gasteiger partial charge in [0.1, 0.15) is 0 Å². The van der Waals surface area contributed by atoms with E-state index in [-0.39, 0.29) is 18.3 Å². The summed E-state index contributed by atoms with van der Waals surface area (Å²) in [6.45, 7) is 8.24. The largest absolute Gasteiger partial charge is 0.491 e. The van der Waals surface area contributed by atoms with Gasteiger partial charge in [-0.25, -0.2) is 15.0 Å². The van der Waals surface area contributed by atoms with Crippen molar-refractivity contribution < 1.29 is 37.7 Å². The third kappa shape index (κ3) is 15.9. The van der Waals surface area contributed by atoms with Crippen LogP contribution in [0.2, 0.25) is 0 Å². The van der Waals surface area contributed by atoms with Crippen molar-refractivity contribution in [2.75, 3.05) is 42.7 Å². The first-order valence-corrected chi connectivity index (χ1v) is 21.4. The average Bonchev–Trinajstić information content (AvgIpc) is 3.55. The first kappa shape index (κ1) is 50.5. The van der Waals surface area contributed by atoms with Gasteiger partial charge < -0.3 is 37.7 Å². The van der Waals surface area contributed by atoms with Crippen molar-refractivity contribution in [3.05, 3.63) is 166 Å². The molecule has 7 rings (SSSR count). The minimum atomic E-state index is -0.265. The quantitative estimate of drug-likeness (QED) is 0.103. The highest BCUT2D eigenvalue weighted by atomic mass is 79.9. The summed E-state index contributed by atoms with van der Waals surface area (Å²) in [6, 6.07) is 36.3. The molecule has 11 nitrogen and oxygen atoms in total. The molecule has 1 aliphatic rings. The third-order valence-corrected chi connectivity index (χ3v) is 10.5. The molecule has 13 heteroatoms. The van der Waals surface area contributed by atoms with Gasteiger partial charge in [0, 0.05) is 29.1 Å². The topological polar surface area (TPSA) is 113 Å². The van der Waals surface area contributed by atoms with Crippen LogP contribution in [0.1, 0.15) is 55.5 Å². The molecule has 1 aliphatic heterocycles. The fourth-order valence-corrected chi connectivity index (χ4v) is 6.18. The molecule has 0 aliphatic carbocycles. The summed E-state index contributed by atoms with van der Waals surface area (Å²) in [5.74, 6) is 5.43. The molecule has 64 heavy (non-hydrogen) atoms. The number of pyridine rings is 3. The molecule has 0 bridgehead atoms. The van der Waals surface area contributed by atoms with Crippen molar-refractivity contribution in [2.45, 2.75) is 51.7 Å². The number of hydrogen-bond donors (Lipinski definition) is 0. The van der Waals surface area contributed by atoms with E-state index in [2.05, 4.69) is 95.0 Å². The zero-order valence-electron chi connectivity index (χ0n) is 38.4. The number of aromatic nitrogens is 3. The Morgan fingerprint density at radius 2 is 0.906 bits per heavy atom. The molecule has 0 atom stereocenters. The van der Waals surface area contributed by atoms with Crippen LogP contribution in [0.4, 0.5) is 0 Å². The molecular formula is C51H59BBrN3O8. The van der Waals surface area contributed by atoms with Crippen molar-refractivity contribution >= 4 is 41.3 Å². The SMILES string of the molecule is CC1(C)OB(/C=C/c2ccccc2)OC1(C)C.COc1cc(/C=C/c2ccccc2)cnc1OC.COc1cc(Br)cnc1OC.COc1cc(CCc2ccccc2)cnc1OC. The molecule has 1 fully saturated rings. The average molecular weight is 933 g/mol. The van der Waals surface area contributed by atoms with E-state index in [0.29, 0.717) is 34.9 Å². The standard InChI is InChI=1S/C15H17NO2.C15H15NO2.C14H19BO2.C7H8BrNO2/c2*1-17-14-10-13(11-16-15(14)18-2)9-8-12-6-4-3-5-7-12;1-13(2)14(3,4)17-15(16-13)11-10-12-8-6-5-7-9-12;1-10-6-3-5(8)4-9-7(6)11-2/h3-7,10-11H,8-9H2,1-2H3;3-11H,1-2H3;5-11H,1-4H3;3-4H,1-2H3/b;9-8+;11-10+;. The van der Waals surface area contributed by atoms with Gasteiger partial charge in [-0.05, 0) is 96.4 Å². The number of aryl methyl sites for hydroxylation is 2. The summed E-state index contributed by atoms with van der Waals surface area (Å²) in [6.07, 6.45) is 13.2. The third-order valence-electron chi connectivity index (χ3n) is 10.1. The number of benzene rings is 3. The van der Waals surface area contributed by atoms with Crippen LogP contribution < -0.4 is 28.4 Å². The lowest BCUT2D eigenvalue weighted by atomic mass is 9.89. The van der Waals surface area contributed by atoms with E-state index in [4.69, 9.17) is 37.7 Å². The molecular weight excluding hydrogens is 873 g/mol. The zero-order chi connectivity index (χ0) is 46.4. The fraction of sp³-hybridized carbons (Fsp3) is 0.275. The number of hydrogen-bond acceptors (Lipinski definition) is 11. The summed E-state index contributed by atoms with van der Waals surface area (Å²) in [4.78, 5) is 12.4. The molecule has 3 aromatic carbocycles. The summed E-state index contributed by atoms with van der Waals surface area (Å²) in [7, 11) is 9.26. The van der Waals surface area contributed by atoms with Crippen LogP contribution in [0, 0.1) is 0 Å². The first-order chi connectivity index (χ1) is 30.8. The van der Waals surface area contributed by atoms with E-state index in [1.807, 2.05) is 97.1 Å². The molecule has 0 unspecified atom stereocenters. The second-order valence-corrected chi connectivity index (χ2v) is 15.9. The van der Waals surface area contributed by atoms with Gasteiger partial charge >= 0.3 is 7.12 Å². The van der Waals surface area contributed by atoms with Gasteiger partial charge in [0.15, 0.2) is 17.2 Å². The van der Waals surface area contributed by atoms with E-state index in [9.17, 15) is 0 Å². The van der Waals surface area contributed by atoms with Crippen molar-refractivity contribution in [2.24, 2.45) is 0 Å². The highest BCUT2D eigenvalue weighted by Crippen LogP contribution is 2.37. The predicted octanol–water partition coefficient (Wildman–Crippen LogP) is 11.3. The van der Waals surface area contributed by atoms with Gasteiger partial charge in [0.25, 0.3) is 17.6 Å². The fourth-order valence-electron chi connectivity index (χ4n) is 5.87. The van der Waals surface area contributed by atoms with E-state index in [0.717, 1.165) is 39.6 Å². The molecule has 0 amide bonds. The van der Waals surface area contributed by atoms with Crippen molar-refractivity contribution in [3.8, 4) is 34.9 Å². The number of ether oxygens (including phenoxy) is 6. The summed E-state index contributed by atoms with van der Waals surface area (Å²) in [5.41, 5.74) is 5.21. The van der Waals surface area contributed by atoms with Crippen LogP contribution in [0.25, 0.3) is 18.2 Å². The van der Waals surface area contributed by atoms with E-state index in [1.165, 1.54) is 5.56 Å². The summed E-state index contributed by atoms with van der Waals surface area (Å²) in [5, 5.41) is 0. The van der Waals surface area contributed by atoms with E-state index < -0.39 is 0 Å². The van der Waals surface area contributed by atoms with Gasteiger partial charge in [-0.15, -0.1) is 0 Å². The van der Waals surface area contributed by atoms with Crippen LogP contribution in [-0.2, 0) is 22.2 Å². The van der Waals surface area contributed by atoms with Crippen molar-refractivity contribution in [3.63, 3.8) is 0 Å². The van der Waals surface area contributed by atoms with Gasteiger partial charge in [-0.1, -0.05) is 115 Å². The molecule has 0 radical (unpaired) electrons. The number of nitrogens with zero attached hydrogens (tertiary/aromatic N) is 3. The minimum Gasteiger partial charge on any atom is -0.491 e. The molecule has 4 heterocycles. The maximum atomic E-state index is 5.88. The highest BCUT2D eigenvalue weighted by molar-refractivity contribution is 9.10. The molecule has 6 aromatic rings. The number of rotatable bonds is 13. The van der Waals surface area contributed by atoms with Gasteiger partial charge in [0.05, 0.1) is 53.9 Å². The molecule has 0 saturated carbocycles. The van der Waals surface area contributed by atoms with E-state index in [1.54, 1.807) is 61.1 Å². The lowest BCUT2D eigenvalue weighted by Gasteiger charge is -2.32. The highest BCUT2D eigenvalue weighted by Gasteiger charge is 2.50. The Kier molecular flexibility index (Phi) is 20.4. The molecule has 0 N–H and O–H groups in total. The Labute approximate surface area is 387 Å². The molecule has 3 aromatic heterocycles. The number of halogens is 1. The Bertz CT molecular complexity index is 2330. The molecule has 0 spiro atoms. The second kappa shape index (κ2) is 25.8. The van der Waals surface area contributed by atoms with Gasteiger partial charge in [-0.2, -0.15) is 0 Å². The normalized spacial score (nSPS) is 13.3. The van der Waals surface area contributed by atoms with Crippen LogP contribution in [0.5, 0.6) is 34.9 Å². The maximum Gasteiger partial charge on any atom is 0.487 e. The summed E-state index contributed by atoms with van der Waals surface area (Å²) < 4.78 is 43.2. The second-order valence-electron chi connectivity index (χ2n) is 15.0. The Morgan fingerprint density at radius 1 is 0.484 bits per heavy atom. The van der Waals surface area contributed by atoms with Gasteiger partial charge in [0.2, 0.25) is 0 Å². The smallest absolute Gasteiger partial charge is 0.487 e. The van der Waals surface area contributed by atoms with Crippen molar-refractivity contribution in [1.82, 2.24) is 15.0 Å². The maximum absolute atomic E-state index is 5.88. The lowest BCUT2D eigenvalue weighted by Crippen LogP contribution is -2.41. The van der Waals surface area contributed by atoms with Crippen LogP contribution in [0.15, 0.2) is 138 Å². The van der Waals surface area contributed by atoms with Crippen LogP contribution >= 0.6 is 15.9 Å². The Morgan fingerprint density at radius 3 is 1.42 bits per heavy atom. The lowest BCUT2D eigenvalue weighted by molar-refractivity contribution is 0.00578. The molecule has 336 valence electrons. The number of methoxy groups -OCH3 is 6. The van der Waals surface area contributed by atoms with Crippen molar-refractivity contribution in [1.29, 1.82) is 0 Å². The van der Waals surface area contributed by atoms with E-state index >= 15 is 0 Å².